The third-order valence-corrected chi connectivity index (χ3v) is 1.75. The molecule has 1 aliphatic rings. The summed E-state index contributed by atoms with van der Waals surface area (Å²) in [7, 11) is 0. The van der Waals surface area contributed by atoms with Crippen molar-refractivity contribution in [3.8, 4) is 0 Å². The van der Waals surface area contributed by atoms with Crippen LogP contribution in [0.15, 0.2) is 42.2 Å². The van der Waals surface area contributed by atoms with E-state index in [1.807, 2.05) is 6.08 Å². The lowest BCUT2D eigenvalue weighted by molar-refractivity contribution is 0.704. The van der Waals surface area contributed by atoms with Gasteiger partial charge in [-0.15, -0.1) is 5.73 Å². The van der Waals surface area contributed by atoms with Gasteiger partial charge in [0.2, 0.25) is 0 Å². The molecule has 0 aliphatic heterocycles. The minimum absolute atomic E-state index is 0.638. The summed E-state index contributed by atoms with van der Waals surface area (Å²) < 4.78 is 0. The molecule has 0 aromatic carbocycles. The number of hydrogen-bond donors (Lipinski definition) is 0. The van der Waals surface area contributed by atoms with E-state index in [1.165, 1.54) is 5.57 Å². The molecule has 0 radical (unpaired) electrons. The van der Waals surface area contributed by atoms with E-state index in [2.05, 4.69) is 37.5 Å². The lowest BCUT2D eigenvalue weighted by Gasteiger charge is -2.11. The SMILES string of the molecule is C=C=CC1=CC=CCC1C. The Kier molecular flexibility index (Phi) is 2.30. The van der Waals surface area contributed by atoms with Gasteiger partial charge in [0.1, 0.15) is 0 Å². The second kappa shape index (κ2) is 3.24. The van der Waals surface area contributed by atoms with E-state index in [0.29, 0.717) is 5.92 Å². The van der Waals surface area contributed by atoms with Crippen LogP contribution in [-0.2, 0) is 0 Å². The Balaban J connectivity index is 2.80. The first-order valence-corrected chi connectivity index (χ1v) is 3.57. The highest BCUT2D eigenvalue weighted by atomic mass is 14.1. The van der Waals surface area contributed by atoms with Gasteiger partial charge in [-0.3, -0.25) is 0 Å². The summed E-state index contributed by atoms with van der Waals surface area (Å²) in [6.45, 7) is 5.76. The van der Waals surface area contributed by atoms with Crippen LogP contribution in [0, 0.1) is 5.92 Å². The van der Waals surface area contributed by atoms with Crippen molar-refractivity contribution in [3.05, 3.63) is 42.2 Å². The molecule has 0 bridgehead atoms. The van der Waals surface area contributed by atoms with Crippen molar-refractivity contribution < 1.29 is 0 Å². The van der Waals surface area contributed by atoms with Crippen LogP contribution in [0.3, 0.4) is 0 Å². The van der Waals surface area contributed by atoms with Crippen molar-refractivity contribution >= 4 is 0 Å². The molecule has 0 N–H and O–H groups in total. The maximum absolute atomic E-state index is 3.54. The Morgan fingerprint density at radius 2 is 2.60 bits per heavy atom. The molecule has 1 unspecified atom stereocenters. The second-order valence-corrected chi connectivity index (χ2v) is 2.58. The van der Waals surface area contributed by atoms with Gasteiger partial charge in [0.05, 0.1) is 0 Å². The molecule has 0 saturated carbocycles. The summed E-state index contributed by atoms with van der Waals surface area (Å²) in [5, 5.41) is 0. The zero-order valence-electron chi connectivity index (χ0n) is 6.30. The standard InChI is InChI=1S/C10H12/c1-3-6-10-8-5-4-7-9(10)2/h4-6,8-9H,1,7H2,2H3. The quantitative estimate of drug-likeness (QED) is 0.481. The van der Waals surface area contributed by atoms with Gasteiger partial charge in [-0.05, 0) is 24.0 Å². The van der Waals surface area contributed by atoms with Crippen LogP contribution in [0.1, 0.15) is 13.3 Å². The third-order valence-electron chi connectivity index (χ3n) is 1.75. The van der Waals surface area contributed by atoms with Crippen molar-refractivity contribution in [2.45, 2.75) is 13.3 Å². The summed E-state index contributed by atoms with van der Waals surface area (Å²) >= 11 is 0. The van der Waals surface area contributed by atoms with Crippen LogP contribution in [0.5, 0.6) is 0 Å². The van der Waals surface area contributed by atoms with E-state index in [1.54, 1.807) is 0 Å². The van der Waals surface area contributed by atoms with Gasteiger partial charge in [-0.2, -0.15) is 0 Å². The molecule has 0 saturated heterocycles. The van der Waals surface area contributed by atoms with E-state index < -0.39 is 0 Å². The molecular weight excluding hydrogens is 120 g/mol. The topological polar surface area (TPSA) is 0 Å². The van der Waals surface area contributed by atoms with Gasteiger partial charge in [0.25, 0.3) is 0 Å². The van der Waals surface area contributed by atoms with Gasteiger partial charge >= 0.3 is 0 Å². The van der Waals surface area contributed by atoms with E-state index in [9.17, 15) is 0 Å². The fourth-order valence-electron chi connectivity index (χ4n) is 1.07. The Morgan fingerprint density at radius 3 is 3.20 bits per heavy atom. The smallest absolute Gasteiger partial charge is 0.0150 e. The Morgan fingerprint density at radius 1 is 1.80 bits per heavy atom. The molecule has 0 amide bonds. The Hall–Kier alpha value is -1.00. The summed E-state index contributed by atoms with van der Waals surface area (Å²) in [6, 6.07) is 0. The number of rotatable bonds is 1. The molecule has 0 fully saturated rings. The molecule has 0 heteroatoms. The normalized spacial score (nSPS) is 23.3. The zero-order valence-corrected chi connectivity index (χ0v) is 6.30. The van der Waals surface area contributed by atoms with Crippen molar-refractivity contribution in [1.29, 1.82) is 0 Å². The van der Waals surface area contributed by atoms with Crippen LogP contribution in [0.25, 0.3) is 0 Å². The fourth-order valence-corrected chi connectivity index (χ4v) is 1.07. The first-order valence-electron chi connectivity index (χ1n) is 3.57. The van der Waals surface area contributed by atoms with Crippen LogP contribution in [-0.4, -0.2) is 0 Å². The highest BCUT2D eigenvalue weighted by molar-refractivity contribution is 5.28. The molecule has 1 aliphatic carbocycles. The molecule has 0 aromatic heterocycles. The van der Waals surface area contributed by atoms with Gasteiger partial charge < -0.3 is 0 Å². The largest absolute Gasteiger partial charge is 0.128 e. The molecule has 10 heavy (non-hydrogen) atoms. The van der Waals surface area contributed by atoms with Gasteiger partial charge in [-0.1, -0.05) is 31.7 Å². The summed E-state index contributed by atoms with van der Waals surface area (Å²) in [5.74, 6) is 0.638. The van der Waals surface area contributed by atoms with E-state index in [-0.39, 0.29) is 0 Å². The van der Waals surface area contributed by atoms with Crippen LogP contribution < -0.4 is 0 Å². The number of hydrogen-bond acceptors (Lipinski definition) is 0. The van der Waals surface area contributed by atoms with Crippen molar-refractivity contribution in [3.63, 3.8) is 0 Å². The summed E-state index contributed by atoms with van der Waals surface area (Å²) in [6.07, 6.45) is 9.48. The predicted octanol–water partition coefficient (Wildman–Crippen LogP) is 2.85. The summed E-state index contributed by atoms with van der Waals surface area (Å²) in [5.41, 5.74) is 4.12. The minimum atomic E-state index is 0.638. The average Bonchev–Trinajstić information content (AvgIpc) is 1.94. The summed E-state index contributed by atoms with van der Waals surface area (Å²) in [4.78, 5) is 0. The van der Waals surface area contributed by atoms with E-state index >= 15 is 0 Å². The van der Waals surface area contributed by atoms with Crippen LogP contribution in [0.4, 0.5) is 0 Å². The molecule has 0 nitrogen and oxygen atoms in total. The van der Waals surface area contributed by atoms with Crippen LogP contribution >= 0.6 is 0 Å². The Labute approximate surface area is 62.3 Å². The van der Waals surface area contributed by atoms with Crippen molar-refractivity contribution in [2.24, 2.45) is 5.92 Å². The molecule has 1 rings (SSSR count). The molecule has 52 valence electrons. The predicted molar refractivity (Wildman–Crippen MR) is 44.7 cm³/mol. The first-order chi connectivity index (χ1) is 4.84. The molecule has 1 atom stereocenters. The highest BCUT2D eigenvalue weighted by Crippen LogP contribution is 2.19. The van der Waals surface area contributed by atoms with E-state index in [0.717, 1.165) is 6.42 Å². The fraction of sp³-hybridized carbons (Fsp3) is 0.300. The van der Waals surface area contributed by atoms with Gasteiger partial charge in [0, 0.05) is 0 Å². The lowest BCUT2D eigenvalue weighted by atomic mass is 9.93. The number of allylic oxidation sites excluding steroid dienone is 5. The lowest BCUT2D eigenvalue weighted by Crippen LogP contribution is -1.97. The maximum Gasteiger partial charge on any atom is -0.0150 e. The van der Waals surface area contributed by atoms with Gasteiger partial charge in [-0.25, -0.2) is 0 Å². The Bertz CT molecular complexity index is 212. The van der Waals surface area contributed by atoms with Crippen molar-refractivity contribution in [2.75, 3.05) is 0 Å². The molecule has 0 spiro atoms. The van der Waals surface area contributed by atoms with E-state index in [4.69, 9.17) is 0 Å². The first kappa shape index (κ1) is 7.11. The minimum Gasteiger partial charge on any atom is -0.128 e. The monoisotopic (exact) mass is 132 g/mol. The highest BCUT2D eigenvalue weighted by Gasteiger charge is 2.05. The van der Waals surface area contributed by atoms with Crippen molar-refractivity contribution in [1.82, 2.24) is 0 Å². The van der Waals surface area contributed by atoms with Gasteiger partial charge in [0.15, 0.2) is 0 Å². The van der Waals surface area contributed by atoms with Crippen LogP contribution in [0.2, 0.25) is 0 Å². The molecular formula is C10H12. The third kappa shape index (κ3) is 1.49. The molecule has 0 heterocycles. The molecule has 0 aromatic rings. The zero-order chi connectivity index (χ0) is 7.40. The average molecular weight is 132 g/mol. The maximum atomic E-state index is 3.54. The second-order valence-electron chi connectivity index (χ2n) is 2.58.